The average Bonchev–Trinajstić information content (AvgIpc) is 1.38. The van der Waals surface area contributed by atoms with Gasteiger partial charge in [-0.2, -0.15) is 0 Å². The minimum Gasteiger partial charge on any atom is -0.480 e. The molecule has 0 aliphatic rings. The number of ketones is 3. The van der Waals surface area contributed by atoms with Crippen LogP contribution in [0.3, 0.4) is 0 Å². The molecule has 1 aromatic rings. The van der Waals surface area contributed by atoms with E-state index in [1.54, 1.807) is 106 Å². The highest BCUT2D eigenvalue weighted by molar-refractivity contribution is 5.99. The lowest BCUT2D eigenvalue weighted by atomic mass is 9.86. The van der Waals surface area contributed by atoms with Crippen LogP contribution in [-0.2, 0) is 64.0 Å². The Kier molecular flexibility index (Phi) is 34.3. The van der Waals surface area contributed by atoms with Crippen molar-refractivity contribution >= 4 is 76.9 Å². The molecule has 0 radical (unpaired) electrons. The number of aliphatic hydroxyl groups excluding tert-OH is 4. The Labute approximate surface area is 519 Å². The van der Waals surface area contributed by atoms with E-state index >= 15 is 0 Å². The topological polar surface area (TPSA) is 499 Å². The molecule has 0 heterocycles. The highest BCUT2D eigenvalue weighted by Crippen LogP contribution is 2.23. The molecule has 0 spiro atoms. The molecule has 0 bridgehead atoms. The van der Waals surface area contributed by atoms with Crippen molar-refractivity contribution in [2.24, 2.45) is 63.6 Å². The predicted octanol–water partition coefficient (Wildman–Crippen LogP) is -0.921. The molecule has 89 heavy (non-hydrogen) atoms. The molecule has 0 saturated heterocycles. The molecule has 0 fully saturated rings. The van der Waals surface area contributed by atoms with Gasteiger partial charge in [-0.1, -0.05) is 92.1 Å². The largest absolute Gasteiger partial charge is 0.480 e. The smallest absolute Gasteiger partial charge is 0.408 e. The van der Waals surface area contributed by atoms with Crippen molar-refractivity contribution in [3.8, 4) is 0 Å². The Bertz CT molecular complexity index is 2570. The summed E-state index contributed by atoms with van der Waals surface area (Å²) in [6.07, 6.45) is -9.45. The Morgan fingerprint density at radius 3 is 1.73 bits per heavy atom. The number of hydrogen-bond donors (Lipinski definition) is 15. The lowest BCUT2D eigenvalue weighted by molar-refractivity contribution is -0.146. The molecule has 0 saturated carbocycles. The van der Waals surface area contributed by atoms with Crippen molar-refractivity contribution in [2.45, 2.75) is 195 Å². The van der Waals surface area contributed by atoms with Crippen LogP contribution in [0.25, 0.3) is 0 Å². The number of primary amides is 1. The normalized spacial score (nSPS) is 15.9. The Hall–Kier alpha value is -7.83. The molecule has 0 aliphatic heterocycles. The predicted molar refractivity (Wildman–Crippen MR) is 323 cm³/mol. The van der Waals surface area contributed by atoms with E-state index in [1.165, 1.54) is 6.92 Å². The SMILES string of the molecule is CC[C@H](C)[C@H](NC(=O)[C@@H](CCCN=C(N)N)CC(=O)[C@H](CC(C)C)NC(=O)C(NC(=O)[C@@H](NC(=O)OCc1ccccc1)[C@H](NC(=O)OC(C)(C)C)C(C)C)[C@H](O)C(C)C)C(=O)C[C@H](C(=O)NCC(=O)CC(C(=O)N[C@@H](CO)C(=O)O)[C@H](O)C(N)=O)[C@H](C)O. The van der Waals surface area contributed by atoms with Gasteiger partial charge in [0, 0.05) is 31.7 Å². The van der Waals surface area contributed by atoms with Crippen molar-refractivity contribution in [1.82, 2.24) is 37.2 Å². The fourth-order valence-corrected chi connectivity index (χ4v) is 9.00. The maximum Gasteiger partial charge on any atom is 0.408 e. The number of ether oxygens (including phenoxy) is 2. The van der Waals surface area contributed by atoms with Crippen LogP contribution in [0.2, 0.25) is 0 Å². The van der Waals surface area contributed by atoms with E-state index in [-0.39, 0.29) is 50.7 Å². The first-order valence-corrected chi connectivity index (χ1v) is 29.6. The number of benzene rings is 1. The van der Waals surface area contributed by atoms with E-state index < -0.39 is 199 Å². The highest BCUT2D eigenvalue weighted by atomic mass is 16.6. The minimum absolute atomic E-state index is 0.00236. The van der Waals surface area contributed by atoms with Crippen LogP contribution < -0.4 is 54.4 Å². The van der Waals surface area contributed by atoms with Gasteiger partial charge in [0.1, 0.15) is 36.4 Å². The number of aliphatic imine (C=N–C) groups is 1. The second-order valence-corrected chi connectivity index (χ2v) is 24.2. The monoisotopic (exact) mass is 1260 g/mol. The standard InChI is InChI=1S/C59H97N11O19/c1-13-32(8)44(42(75)25-37(33(9)72)51(80)64-26-36(73)24-38(48(77)49(60)78)52(81)66-40(27-71)55(84)85)67-50(79)35(20-17-21-63-56(61)62)23-41(74)39(22-29(2)3)65-54(83)46(47(76)31(6)7)68-53(82)45(43(30(4)5)69-58(87)89-59(10,11)12)70-57(86)88-28-34-18-15-14-16-19-34/h14-16,18-19,29-33,35,37-40,43-48,71-72,76-77H,13,17,20-28H2,1-12H3,(H2,60,78)(H,64,80)(H,65,83)(H,66,81)(H,67,79)(H,68,82)(H,69,87)(H,70,86)(H,84,85)(H4,61,62,63)/t32-,33-,35-,37-,38?,39-,40-,43+,44-,45-,46?,47+,48-/m0/s1. The second-order valence-electron chi connectivity index (χ2n) is 24.2. The van der Waals surface area contributed by atoms with E-state index in [1.807, 2.05) is 5.32 Å². The van der Waals surface area contributed by atoms with Crippen molar-refractivity contribution < 1.29 is 92.5 Å². The maximum atomic E-state index is 14.7. The molecule has 30 heteroatoms. The number of carboxylic acid groups (broad SMARTS) is 1. The lowest BCUT2D eigenvalue weighted by Gasteiger charge is -2.34. The summed E-state index contributed by atoms with van der Waals surface area (Å²) in [6.45, 7) is 17.1. The van der Waals surface area contributed by atoms with Gasteiger partial charge in [-0.15, -0.1) is 0 Å². The number of aliphatic carboxylic acids is 1. The summed E-state index contributed by atoms with van der Waals surface area (Å²) >= 11 is 0. The van der Waals surface area contributed by atoms with E-state index in [4.69, 9.17) is 26.7 Å². The second kappa shape index (κ2) is 38.6. The van der Waals surface area contributed by atoms with Gasteiger partial charge in [-0.25, -0.2) is 14.4 Å². The number of amides is 8. The van der Waals surface area contributed by atoms with Gasteiger partial charge in [0.2, 0.25) is 35.4 Å². The zero-order chi connectivity index (χ0) is 68.2. The number of nitrogens with one attached hydrogen (secondary N) is 7. The van der Waals surface area contributed by atoms with Crippen LogP contribution in [-0.4, -0.2) is 182 Å². The third-order valence-electron chi connectivity index (χ3n) is 14.3. The number of hydrogen-bond acceptors (Lipinski definition) is 19. The fraction of sp³-hybridized carbons (Fsp3) is 0.678. The Balaban J connectivity index is 3.66. The van der Waals surface area contributed by atoms with Crippen LogP contribution in [0.1, 0.15) is 134 Å². The molecular formula is C59H97N11O19. The van der Waals surface area contributed by atoms with Crippen molar-refractivity contribution in [3.05, 3.63) is 35.9 Å². The molecule has 30 nitrogen and oxygen atoms in total. The number of carboxylic acids is 1. The molecule has 8 amide bonds. The molecule has 0 aliphatic carbocycles. The molecule has 1 rings (SSSR count). The summed E-state index contributed by atoms with van der Waals surface area (Å²) in [5.74, 6) is -18.1. The number of nitrogens with two attached hydrogens (primary N) is 3. The molecule has 502 valence electrons. The maximum absolute atomic E-state index is 14.7. The van der Waals surface area contributed by atoms with Gasteiger partial charge in [0.25, 0.3) is 0 Å². The zero-order valence-electron chi connectivity index (χ0n) is 53.0. The molecule has 0 aromatic heterocycles. The third-order valence-corrected chi connectivity index (χ3v) is 14.3. The molecule has 2 unspecified atom stereocenters. The van der Waals surface area contributed by atoms with Crippen molar-refractivity contribution in [2.75, 3.05) is 19.7 Å². The summed E-state index contributed by atoms with van der Waals surface area (Å²) < 4.78 is 10.9. The molecule has 13 atom stereocenters. The lowest BCUT2D eigenvalue weighted by Crippen LogP contribution is -2.65. The first-order chi connectivity index (χ1) is 41.3. The Morgan fingerprint density at radius 2 is 1.22 bits per heavy atom. The van der Waals surface area contributed by atoms with Crippen LogP contribution in [0, 0.1) is 41.4 Å². The van der Waals surface area contributed by atoms with Crippen LogP contribution >= 0.6 is 0 Å². The van der Waals surface area contributed by atoms with Crippen LogP contribution in [0.4, 0.5) is 9.59 Å². The Morgan fingerprint density at radius 1 is 0.640 bits per heavy atom. The zero-order valence-corrected chi connectivity index (χ0v) is 53.0. The van der Waals surface area contributed by atoms with Gasteiger partial charge in [-0.05, 0) is 76.2 Å². The van der Waals surface area contributed by atoms with E-state index in [9.17, 15) is 83.1 Å². The van der Waals surface area contributed by atoms with Crippen LogP contribution in [0.5, 0.6) is 0 Å². The van der Waals surface area contributed by atoms with Gasteiger partial charge in [0.05, 0.1) is 55.3 Å². The van der Waals surface area contributed by atoms with E-state index in [0.29, 0.717) is 5.56 Å². The highest BCUT2D eigenvalue weighted by Gasteiger charge is 2.42. The minimum atomic E-state index is -2.31. The van der Waals surface area contributed by atoms with Gasteiger partial charge in [0.15, 0.2) is 23.3 Å². The van der Waals surface area contributed by atoms with E-state index in [0.717, 1.165) is 0 Å². The number of guanidine groups is 1. The number of alkyl carbamates (subject to hydrolysis) is 2. The number of carbonyl (C=O) groups is 12. The summed E-state index contributed by atoms with van der Waals surface area (Å²) in [4.78, 5) is 166. The molecule has 1 aromatic carbocycles. The first kappa shape index (κ1) is 79.2. The third kappa shape index (κ3) is 28.9. The fourth-order valence-electron chi connectivity index (χ4n) is 9.00. The number of carbonyl (C=O) groups excluding carboxylic acids is 11. The van der Waals surface area contributed by atoms with Crippen LogP contribution in [0.15, 0.2) is 35.3 Å². The van der Waals surface area contributed by atoms with Gasteiger partial charge in [-0.3, -0.25) is 48.1 Å². The average molecular weight is 1260 g/mol. The van der Waals surface area contributed by atoms with Gasteiger partial charge >= 0.3 is 18.2 Å². The first-order valence-electron chi connectivity index (χ1n) is 29.6. The molecular weight excluding hydrogens is 1170 g/mol. The number of rotatable bonds is 40. The summed E-state index contributed by atoms with van der Waals surface area (Å²) in [6, 6.07) is -0.670. The van der Waals surface area contributed by atoms with Crippen molar-refractivity contribution in [1.29, 1.82) is 0 Å². The number of nitrogens with zero attached hydrogens (tertiary/aromatic N) is 1. The molecule has 18 N–H and O–H groups in total. The van der Waals surface area contributed by atoms with Crippen molar-refractivity contribution in [3.63, 3.8) is 0 Å². The summed E-state index contributed by atoms with van der Waals surface area (Å²) in [5.41, 5.74) is 15.9. The summed E-state index contributed by atoms with van der Waals surface area (Å²) in [5, 5.41) is 68.4. The van der Waals surface area contributed by atoms with Gasteiger partial charge < -0.3 is 89.4 Å². The number of Topliss-reactive ketones (excluding diaryl/α,β-unsaturated/α-hetero) is 3. The number of aliphatic hydroxyl groups is 4. The summed E-state index contributed by atoms with van der Waals surface area (Å²) in [7, 11) is 0. The van der Waals surface area contributed by atoms with E-state index in [2.05, 4.69) is 36.9 Å². The quantitative estimate of drug-likeness (QED) is 0.0215.